The number of nitrogens with one attached hydrogen (secondary N) is 1. The van der Waals surface area contributed by atoms with Crippen LogP contribution in [0.3, 0.4) is 0 Å². The third kappa shape index (κ3) is 3.42. The Morgan fingerprint density at radius 3 is 2.82 bits per heavy atom. The van der Waals surface area contributed by atoms with Gasteiger partial charge in [-0.05, 0) is 38.4 Å². The number of nitrogens with zero attached hydrogens (tertiary/aromatic N) is 1. The zero-order chi connectivity index (χ0) is 12.5. The highest BCUT2D eigenvalue weighted by atomic mass is 32.2. The summed E-state index contributed by atoms with van der Waals surface area (Å²) in [5, 5.41) is 3.40. The number of rotatable bonds is 3. The van der Waals surface area contributed by atoms with E-state index < -0.39 is 9.84 Å². The second-order valence-corrected chi connectivity index (χ2v) is 7.93. The molecular formula is C12H24N2O2S. The van der Waals surface area contributed by atoms with Crippen molar-refractivity contribution in [3.05, 3.63) is 0 Å². The van der Waals surface area contributed by atoms with Gasteiger partial charge >= 0.3 is 0 Å². The third-order valence-corrected chi connectivity index (χ3v) is 5.53. The minimum absolute atomic E-state index is 0.162. The van der Waals surface area contributed by atoms with Gasteiger partial charge < -0.3 is 5.32 Å². The summed E-state index contributed by atoms with van der Waals surface area (Å²) in [6.45, 7) is 7.47. The number of sulfone groups is 1. The molecule has 4 nitrogen and oxygen atoms in total. The molecule has 0 amide bonds. The fourth-order valence-electron chi connectivity index (χ4n) is 2.82. The number of fused-ring (bicyclic) bond motifs is 1. The zero-order valence-electron chi connectivity index (χ0n) is 10.9. The molecule has 0 saturated carbocycles. The largest absolute Gasteiger partial charge is 0.311 e. The van der Waals surface area contributed by atoms with Crippen LogP contribution in [0.25, 0.3) is 0 Å². The van der Waals surface area contributed by atoms with Gasteiger partial charge in [-0.2, -0.15) is 0 Å². The minimum atomic E-state index is -2.82. The molecule has 2 unspecified atom stereocenters. The lowest BCUT2D eigenvalue weighted by molar-refractivity contribution is 0.196. The first-order valence-corrected chi connectivity index (χ1v) is 8.48. The van der Waals surface area contributed by atoms with Crippen LogP contribution in [0.2, 0.25) is 0 Å². The predicted molar refractivity (Wildman–Crippen MR) is 69.9 cm³/mol. The molecule has 0 bridgehead atoms. The zero-order valence-corrected chi connectivity index (χ0v) is 11.7. The van der Waals surface area contributed by atoms with Crippen LogP contribution >= 0.6 is 0 Å². The first-order valence-electron chi connectivity index (χ1n) is 6.66. The van der Waals surface area contributed by atoms with Crippen molar-refractivity contribution in [1.29, 1.82) is 0 Å². The Morgan fingerprint density at radius 1 is 1.35 bits per heavy atom. The maximum Gasteiger partial charge on any atom is 0.153 e. The van der Waals surface area contributed by atoms with Crippen LogP contribution in [0, 0.1) is 5.92 Å². The smallest absolute Gasteiger partial charge is 0.153 e. The van der Waals surface area contributed by atoms with Crippen LogP contribution in [-0.2, 0) is 9.84 Å². The van der Waals surface area contributed by atoms with Crippen LogP contribution < -0.4 is 5.32 Å². The Kier molecular flexibility index (Phi) is 4.10. The lowest BCUT2D eigenvalue weighted by Gasteiger charge is -2.29. The van der Waals surface area contributed by atoms with E-state index in [-0.39, 0.29) is 12.1 Å². The molecule has 2 heterocycles. The van der Waals surface area contributed by atoms with Crippen LogP contribution in [0.5, 0.6) is 0 Å². The van der Waals surface area contributed by atoms with Crippen molar-refractivity contribution in [2.24, 2.45) is 5.92 Å². The molecule has 1 N–H and O–H groups in total. The molecular weight excluding hydrogens is 236 g/mol. The molecule has 2 rings (SSSR count). The van der Waals surface area contributed by atoms with Gasteiger partial charge in [0, 0.05) is 12.1 Å². The first kappa shape index (κ1) is 13.3. The van der Waals surface area contributed by atoms with Crippen LogP contribution in [-0.4, -0.2) is 56.5 Å². The predicted octanol–water partition coefficient (Wildman–Crippen LogP) is 0.493. The van der Waals surface area contributed by atoms with E-state index in [0.717, 1.165) is 32.5 Å². The minimum Gasteiger partial charge on any atom is -0.311 e. The van der Waals surface area contributed by atoms with Gasteiger partial charge in [-0.15, -0.1) is 0 Å². The highest BCUT2D eigenvalue weighted by Gasteiger charge is 2.41. The lowest BCUT2D eigenvalue weighted by atomic mass is 10.1. The highest BCUT2D eigenvalue weighted by molar-refractivity contribution is 7.91. The van der Waals surface area contributed by atoms with Crippen molar-refractivity contribution >= 4 is 9.84 Å². The van der Waals surface area contributed by atoms with Gasteiger partial charge in [0.2, 0.25) is 0 Å². The topological polar surface area (TPSA) is 49.4 Å². The summed E-state index contributed by atoms with van der Waals surface area (Å²) in [6, 6.07) is 0.371. The summed E-state index contributed by atoms with van der Waals surface area (Å²) in [5.74, 6) is 1.36. The van der Waals surface area contributed by atoms with Gasteiger partial charge in [0.25, 0.3) is 0 Å². The molecule has 100 valence electrons. The third-order valence-electron chi connectivity index (χ3n) is 3.81. The Balaban J connectivity index is 2.03. The van der Waals surface area contributed by atoms with Gasteiger partial charge in [-0.1, -0.05) is 13.8 Å². The first-order chi connectivity index (χ1) is 7.98. The fourth-order valence-corrected chi connectivity index (χ4v) is 4.81. The van der Waals surface area contributed by atoms with E-state index in [4.69, 9.17) is 0 Å². The maximum absolute atomic E-state index is 11.7. The molecule has 2 fully saturated rings. The molecule has 5 heteroatoms. The molecule has 0 radical (unpaired) electrons. The average molecular weight is 260 g/mol. The van der Waals surface area contributed by atoms with E-state index in [2.05, 4.69) is 24.1 Å². The fraction of sp³-hybridized carbons (Fsp3) is 1.00. The summed E-state index contributed by atoms with van der Waals surface area (Å²) in [4.78, 5) is 2.40. The summed E-state index contributed by atoms with van der Waals surface area (Å²) < 4.78 is 23.5. The Morgan fingerprint density at radius 2 is 2.12 bits per heavy atom. The Hall–Kier alpha value is -0.130. The molecule has 0 spiro atoms. The maximum atomic E-state index is 11.7. The van der Waals surface area contributed by atoms with E-state index >= 15 is 0 Å². The van der Waals surface area contributed by atoms with E-state index in [1.54, 1.807) is 0 Å². The number of hydrogen-bond acceptors (Lipinski definition) is 4. The molecule has 0 aromatic rings. The molecule has 0 aromatic carbocycles. The van der Waals surface area contributed by atoms with E-state index in [1.807, 2.05) is 0 Å². The van der Waals surface area contributed by atoms with Crippen molar-refractivity contribution < 1.29 is 8.42 Å². The average Bonchev–Trinajstić information content (AvgIpc) is 2.41. The highest BCUT2D eigenvalue weighted by Crippen LogP contribution is 2.21. The monoisotopic (exact) mass is 260 g/mol. The van der Waals surface area contributed by atoms with Crippen molar-refractivity contribution in [3.8, 4) is 0 Å². The Bertz CT molecular complexity index is 354. The second kappa shape index (κ2) is 5.24. The molecule has 17 heavy (non-hydrogen) atoms. The quantitative estimate of drug-likeness (QED) is 0.802. The summed E-state index contributed by atoms with van der Waals surface area (Å²) in [5.41, 5.74) is 0. The molecule has 0 aliphatic carbocycles. The molecule has 2 saturated heterocycles. The van der Waals surface area contributed by atoms with Crippen molar-refractivity contribution in [1.82, 2.24) is 10.2 Å². The van der Waals surface area contributed by atoms with Crippen LogP contribution in [0.1, 0.15) is 26.7 Å². The van der Waals surface area contributed by atoms with Gasteiger partial charge in [0.05, 0.1) is 11.5 Å². The van der Waals surface area contributed by atoms with E-state index in [1.165, 1.54) is 0 Å². The van der Waals surface area contributed by atoms with E-state index in [9.17, 15) is 8.42 Å². The normalized spacial score (nSPS) is 33.6. The van der Waals surface area contributed by atoms with Gasteiger partial charge in [-0.25, -0.2) is 8.42 Å². The summed E-state index contributed by atoms with van der Waals surface area (Å²) in [6.07, 6.45) is 2.29. The van der Waals surface area contributed by atoms with Crippen LogP contribution in [0.15, 0.2) is 0 Å². The Labute approximate surface area is 105 Å². The summed E-state index contributed by atoms with van der Waals surface area (Å²) in [7, 11) is -2.82. The molecule has 0 aromatic heterocycles. The van der Waals surface area contributed by atoms with Crippen molar-refractivity contribution in [3.63, 3.8) is 0 Å². The second-order valence-electron chi connectivity index (χ2n) is 5.78. The van der Waals surface area contributed by atoms with Gasteiger partial charge in [-0.3, -0.25) is 4.90 Å². The van der Waals surface area contributed by atoms with Gasteiger partial charge in [0.15, 0.2) is 9.84 Å². The molecule has 2 aliphatic heterocycles. The van der Waals surface area contributed by atoms with E-state index in [0.29, 0.717) is 17.4 Å². The molecule has 2 aliphatic rings. The van der Waals surface area contributed by atoms with Crippen LogP contribution in [0.4, 0.5) is 0 Å². The van der Waals surface area contributed by atoms with Crippen molar-refractivity contribution in [2.45, 2.75) is 38.8 Å². The number of hydrogen-bond donors (Lipinski definition) is 1. The van der Waals surface area contributed by atoms with Crippen molar-refractivity contribution in [2.75, 3.05) is 31.1 Å². The van der Waals surface area contributed by atoms with Gasteiger partial charge in [0.1, 0.15) is 0 Å². The molecule has 2 atom stereocenters. The lowest BCUT2D eigenvalue weighted by Crippen LogP contribution is -2.47. The standard InChI is InChI=1S/C12H24N2O2S/c1-10(2)4-7-14-6-3-5-13-11-8-17(15,16)9-12(11)14/h10-13H,3-9H2,1-2H3. The summed E-state index contributed by atoms with van der Waals surface area (Å²) >= 11 is 0. The SMILES string of the molecule is CC(C)CCN1CCCNC2CS(=O)(=O)CC21.